The van der Waals surface area contributed by atoms with Crippen molar-refractivity contribution >= 4 is 5.69 Å². The Morgan fingerprint density at radius 3 is 2.65 bits per heavy atom. The van der Waals surface area contributed by atoms with E-state index in [1.807, 2.05) is 12.1 Å². The number of aryl methyl sites for hydroxylation is 1. The summed E-state index contributed by atoms with van der Waals surface area (Å²) in [6.45, 7) is 7.53. The maximum Gasteiger partial charge on any atom is 0.143 e. The van der Waals surface area contributed by atoms with Crippen molar-refractivity contribution in [3.05, 3.63) is 66.2 Å². The molecule has 1 aliphatic rings. The molecule has 3 rings (SSSR count). The molecule has 1 N–H and O–H groups in total. The van der Waals surface area contributed by atoms with Crippen LogP contribution in [0, 0.1) is 0 Å². The SMILES string of the molecule is C=CCN1CC(Cc2ccc(CC)cc2)Oc2ccc(O)cc21. The fourth-order valence-electron chi connectivity index (χ4n) is 3.02. The van der Waals surface area contributed by atoms with Gasteiger partial charge in [0.05, 0.1) is 12.2 Å². The fourth-order valence-corrected chi connectivity index (χ4v) is 3.02. The Morgan fingerprint density at radius 1 is 1.22 bits per heavy atom. The summed E-state index contributed by atoms with van der Waals surface area (Å²) in [5.74, 6) is 1.08. The summed E-state index contributed by atoms with van der Waals surface area (Å²) >= 11 is 0. The van der Waals surface area contributed by atoms with Gasteiger partial charge in [-0.05, 0) is 29.7 Å². The molecule has 0 spiro atoms. The number of hydrogen-bond donors (Lipinski definition) is 1. The number of phenols is 1. The highest BCUT2D eigenvalue weighted by Gasteiger charge is 2.25. The van der Waals surface area contributed by atoms with Crippen molar-refractivity contribution in [2.45, 2.75) is 25.9 Å². The van der Waals surface area contributed by atoms with E-state index in [0.29, 0.717) is 0 Å². The van der Waals surface area contributed by atoms with Gasteiger partial charge in [-0.3, -0.25) is 0 Å². The van der Waals surface area contributed by atoms with Crippen LogP contribution >= 0.6 is 0 Å². The van der Waals surface area contributed by atoms with Crippen molar-refractivity contribution in [1.29, 1.82) is 0 Å². The second-order valence-corrected chi connectivity index (χ2v) is 5.96. The molecule has 3 nitrogen and oxygen atoms in total. The molecule has 0 saturated carbocycles. The third-order valence-corrected chi connectivity index (χ3v) is 4.24. The summed E-state index contributed by atoms with van der Waals surface area (Å²) < 4.78 is 6.14. The van der Waals surface area contributed by atoms with E-state index in [2.05, 4.69) is 42.7 Å². The standard InChI is InChI=1S/C20H23NO2/c1-3-11-21-14-18(12-16-7-5-15(4-2)6-8-16)23-20-10-9-17(22)13-19(20)21/h3,5-10,13,18,22H,1,4,11-12,14H2,2H3. The molecule has 0 amide bonds. The van der Waals surface area contributed by atoms with Gasteiger partial charge in [-0.2, -0.15) is 0 Å². The van der Waals surface area contributed by atoms with Gasteiger partial charge in [-0.25, -0.2) is 0 Å². The summed E-state index contributed by atoms with van der Waals surface area (Å²) in [6.07, 6.45) is 3.91. The molecule has 0 radical (unpaired) electrons. The number of hydrogen-bond acceptors (Lipinski definition) is 3. The molecule has 1 aliphatic heterocycles. The Balaban J connectivity index is 1.79. The van der Waals surface area contributed by atoms with Gasteiger partial charge in [-0.1, -0.05) is 37.3 Å². The molecular formula is C20H23NO2. The zero-order chi connectivity index (χ0) is 16.2. The summed E-state index contributed by atoms with van der Waals surface area (Å²) in [5.41, 5.74) is 3.57. The third kappa shape index (κ3) is 3.50. The van der Waals surface area contributed by atoms with Crippen molar-refractivity contribution in [2.24, 2.45) is 0 Å². The number of aromatic hydroxyl groups is 1. The van der Waals surface area contributed by atoms with Crippen LogP contribution in [-0.2, 0) is 12.8 Å². The van der Waals surface area contributed by atoms with E-state index in [1.54, 1.807) is 12.1 Å². The Kier molecular flexibility index (Phi) is 4.56. The van der Waals surface area contributed by atoms with Crippen molar-refractivity contribution in [1.82, 2.24) is 0 Å². The van der Waals surface area contributed by atoms with Crippen LogP contribution in [0.5, 0.6) is 11.5 Å². The molecule has 3 heteroatoms. The normalized spacial score (nSPS) is 16.6. The highest BCUT2D eigenvalue weighted by molar-refractivity contribution is 5.63. The van der Waals surface area contributed by atoms with Gasteiger partial charge >= 0.3 is 0 Å². The first-order valence-corrected chi connectivity index (χ1v) is 8.13. The number of benzene rings is 2. The lowest BCUT2D eigenvalue weighted by atomic mass is 10.0. The van der Waals surface area contributed by atoms with E-state index in [1.165, 1.54) is 11.1 Å². The van der Waals surface area contributed by atoms with Crippen LogP contribution in [-0.4, -0.2) is 24.3 Å². The van der Waals surface area contributed by atoms with Crippen LogP contribution in [0.2, 0.25) is 0 Å². The first-order valence-electron chi connectivity index (χ1n) is 8.13. The molecule has 1 heterocycles. The molecule has 0 aromatic heterocycles. The van der Waals surface area contributed by atoms with Crippen LogP contribution in [0.15, 0.2) is 55.1 Å². The summed E-state index contributed by atoms with van der Waals surface area (Å²) in [4.78, 5) is 2.20. The van der Waals surface area contributed by atoms with Crippen LogP contribution < -0.4 is 9.64 Å². The summed E-state index contributed by atoms with van der Waals surface area (Å²) in [7, 11) is 0. The number of fused-ring (bicyclic) bond motifs is 1. The first kappa shape index (κ1) is 15.5. The highest BCUT2D eigenvalue weighted by atomic mass is 16.5. The number of phenolic OH excluding ortho intramolecular Hbond substituents is 1. The fraction of sp³-hybridized carbons (Fsp3) is 0.300. The monoisotopic (exact) mass is 309 g/mol. The van der Waals surface area contributed by atoms with Gasteiger partial charge in [0.15, 0.2) is 0 Å². The van der Waals surface area contributed by atoms with Crippen molar-refractivity contribution in [3.8, 4) is 11.5 Å². The first-order chi connectivity index (χ1) is 11.2. The van der Waals surface area contributed by atoms with E-state index in [9.17, 15) is 5.11 Å². The number of rotatable bonds is 5. The summed E-state index contributed by atoms with van der Waals surface area (Å²) in [6, 6.07) is 14.0. The van der Waals surface area contributed by atoms with Crippen molar-refractivity contribution in [3.63, 3.8) is 0 Å². The molecule has 120 valence electrons. The zero-order valence-electron chi connectivity index (χ0n) is 13.5. The maximum atomic E-state index is 9.72. The Bertz CT molecular complexity index is 679. The van der Waals surface area contributed by atoms with Gasteiger partial charge < -0.3 is 14.7 Å². The Labute approximate surface area is 137 Å². The molecule has 0 fully saturated rings. The minimum atomic E-state index is 0.0967. The van der Waals surface area contributed by atoms with Crippen molar-refractivity contribution in [2.75, 3.05) is 18.0 Å². The van der Waals surface area contributed by atoms with Gasteiger partial charge in [0.2, 0.25) is 0 Å². The quantitative estimate of drug-likeness (QED) is 0.849. The lowest BCUT2D eigenvalue weighted by Crippen LogP contribution is -2.41. The van der Waals surface area contributed by atoms with E-state index >= 15 is 0 Å². The molecule has 0 bridgehead atoms. The van der Waals surface area contributed by atoms with Gasteiger partial charge in [0.25, 0.3) is 0 Å². The van der Waals surface area contributed by atoms with E-state index < -0.39 is 0 Å². The predicted molar refractivity (Wildman–Crippen MR) is 94.5 cm³/mol. The molecule has 1 unspecified atom stereocenters. The Hall–Kier alpha value is -2.42. The van der Waals surface area contributed by atoms with Gasteiger partial charge in [-0.15, -0.1) is 6.58 Å². The molecule has 2 aromatic rings. The predicted octanol–water partition coefficient (Wildman–Crippen LogP) is 3.95. The molecule has 0 aliphatic carbocycles. The average molecular weight is 309 g/mol. The smallest absolute Gasteiger partial charge is 0.143 e. The summed E-state index contributed by atoms with van der Waals surface area (Å²) in [5, 5.41) is 9.72. The molecule has 2 aromatic carbocycles. The molecule has 0 saturated heterocycles. The van der Waals surface area contributed by atoms with Crippen LogP contribution in [0.4, 0.5) is 5.69 Å². The van der Waals surface area contributed by atoms with Crippen LogP contribution in [0.3, 0.4) is 0 Å². The number of ether oxygens (including phenoxy) is 1. The van der Waals surface area contributed by atoms with Gasteiger partial charge in [0, 0.05) is 19.0 Å². The van der Waals surface area contributed by atoms with Gasteiger partial charge in [0.1, 0.15) is 17.6 Å². The minimum Gasteiger partial charge on any atom is -0.508 e. The number of anilines is 1. The lowest BCUT2D eigenvalue weighted by molar-refractivity contribution is 0.194. The number of nitrogens with zero attached hydrogens (tertiary/aromatic N) is 1. The topological polar surface area (TPSA) is 32.7 Å². The second kappa shape index (κ2) is 6.78. The molecule has 23 heavy (non-hydrogen) atoms. The van der Waals surface area contributed by atoms with Crippen LogP contribution in [0.1, 0.15) is 18.1 Å². The van der Waals surface area contributed by atoms with E-state index in [-0.39, 0.29) is 11.9 Å². The average Bonchev–Trinajstić information content (AvgIpc) is 2.56. The van der Waals surface area contributed by atoms with Crippen molar-refractivity contribution < 1.29 is 9.84 Å². The maximum absolute atomic E-state index is 9.72. The lowest BCUT2D eigenvalue weighted by Gasteiger charge is -2.36. The minimum absolute atomic E-state index is 0.0967. The second-order valence-electron chi connectivity index (χ2n) is 5.96. The third-order valence-electron chi connectivity index (χ3n) is 4.24. The Morgan fingerprint density at radius 2 is 1.96 bits per heavy atom. The van der Waals surface area contributed by atoms with Crippen LogP contribution in [0.25, 0.3) is 0 Å². The molecular weight excluding hydrogens is 286 g/mol. The van der Waals surface area contributed by atoms with E-state index in [0.717, 1.165) is 37.4 Å². The van der Waals surface area contributed by atoms with E-state index in [4.69, 9.17) is 4.74 Å². The zero-order valence-corrected chi connectivity index (χ0v) is 13.5. The highest BCUT2D eigenvalue weighted by Crippen LogP contribution is 2.36. The largest absolute Gasteiger partial charge is 0.508 e. The molecule has 1 atom stereocenters.